The van der Waals surface area contributed by atoms with Gasteiger partial charge in [0.1, 0.15) is 0 Å². The predicted molar refractivity (Wildman–Crippen MR) is 67.6 cm³/mol. The first-order valence-corrected chi connectivity index (χ1v) is 7.14. The Bertz CT molecular complexity index is 221. The molecule has 0 aromatic rings. The van der Waals surface area contributed by atoms with Crippen LogP contribution in [-0.2, 0) is 9.53 Å². The molecule has 0 saturated heterocycles. The number of rotatable bonds is 9. The summed E-state index contributed by atoms with van der Waals surface area (Å²) in [6.07, 6.45) is 0.217. The van der Waals surface area contributed by atoms with Crippen molar-refractivity contribution in [1.29, 1.82) is 0 Å². The van der Waals surface area contributed by atoms with Gasteiger partial charge in [-0.25, -0.2) is 8.78 Å². The van der Waals surface area contributed by atoms with E-state index in [1.807, 2.05) is 13.8 Å². The summed E-state index contributed by atoms with van der Waals surface area (Å²) >= 11 is 1.36. The second-order valence-electron chi connectivity index (χ2n) is 4.44. The summed E-state index contributed by atoms with van der Waals surface area (Å²) in [6.45, 7) is 5.84. The van der Waals surface area contributed by atoms with Crippen LogP contribution in [0.5, 0.6) is 0 Å². The van der Waals surface area contributed by atoms with E-state index in [1.165, 1.54) is 18.7 Å². The number of alkyl halides is 2. The molecule has 0 radical (unpaired) electrons. The highest BCUT2D eigenvalue weighted by molar-refractivity contribution is 7.99. The monoisotopic (exact) mass is 268 g/mol. The summed E-state index contributed by atoms with van der Waals surface area (Å²) in [5.41, 5.74) is 0. The summed E-state index contributed by atoms with van der Waals surface area (Å²) in [6, 6.07) is 0. The maximum absolute atomic E-state index is 12.8. The van der Waals surface area contributed by atoms with Crippen LogP contribution >= 0.6 is 11.8 Å². The van der Waals surface area contributed by atoms with Gasteiger partial charge in [-0.2, -0.15) is 11.8 Å². The van der Waals surface area contributed by atoms with Gasteiger partial charge in [-0.3, -0.25) is 4.79 Å². The zero-order chi connectivity index (χ0) is 13.3. The zero-order valence-electron chi connectivity index (χ0n) is 10.8. The normalized spacial score (nSPS) is 11.9. The fourth-order valence-corrected chi connectivity index (χ4v) is 1.81. The van der Waals surface area contributed by atoms with Crippen molar-refractivity contribution < 1.29 is 18.3 Å². The minimum atomic E-state index is -2.56. The molecule has 102 valence electrons. The lowest BCUT2D eigenvalue weighted by Gasteiger charge is -2.13. The third-order valence-corrected chi connectivity index (χ3v) is 3.16. The zero-order valence-corrected chi connectivity index (χ0v) is 11.6. The van der Waals surface area contributed by atoms with Gasteiger partial charge in [-0.1, -0.05) is 20.8 Å². The molecule has 0 saturated carbocycles. The van der Waals surface area contributed by atoms with Crippen molar-refractivity contribution >= 4 is 17.7 Å². The third kappa shape index (κ3) is 10.5. The van der Waals surface area contributed by atoms with Crippen molar-refractivity contribution in [2.45, 2.75) is 46.0 Å². The van der Waals surface area contributed by atoms with Crippen LogP contribution in [0.4, 0.5) is 8.78 Å². The van der Waals surface area contributed by atoms with E-state index in [4.69, 9.17) is 4.74 Å². The molecule has 0 unspecified atom stereocenters. The fourth-order valence-electron chi connectivity index (χ4n) is 1.07. The van der Waals surface area contributed by atoms with E-state index < -0.39 is 5.92 Å². The number of hydrogen-bond acceptors (Lipinski definition) is 3. The standard InChI is InChI=1S/C12H22F2O2S/c1-4-12(13,14)6-5-7-17-9-11(15)16-8-10(2)3/h10H,4-9H2,1-3H3. The molecule has 0 heterocycles. The number of esters is 1. The van der Waals surface area contributed by atoms with Crippen molar-refractivity contribution in [2.24, 2.45) is 5.92 Å². The molecule has 0 amide bonds. The maximum Gasteiger partial charge on any atom is 0.315 e. The second-order valence-corrected chi connectivity index (χ2v) is 5.55. The number of ether oxygens (including phenoxy) is 1. The van der Waals surface area contributed by atoms with Crippen LogP contribution in [0.2, 0.25) is 0 Å². The topological polar surface area (TPSA) is 26.3 Å². The van der Waals surface area contributed by atoms with Gasteiger partial charge in [0.25, 0.3) is 0 Å². The Morgan fingerprint density at radius 3 is 2.59 bits per heavy atom. The van der Waals surface area contributed by atoms with Gasteiger partial charge in [0, 0.05) is 12.8 Å². The molecule has 2 nitrogen and oxygen atoms in total. The Balaban J connectivity index is 3.42. The van der Waals surface area contributed by atoms with Crippen LogP contribution in [0.25, 0.3) is 0 Å². The van der Waals surface area contributed by atoms with E-state index in [0.717, 1.165) is 0 Å². The average Bonchev–Trinajstić information content (AvgIpc) is 2.25. The average molecular weight is 268 g/mol. The van der Waals surface area contributed by atoms with E-state index in [0.29, 0.717) is 24.7 Å². The van der Waals surface area contributed by atoms with Crippen LogP contribution in [0, 0.1) is 5.92 Å². The number of carbonyl (C=O) groups is 1. The Morgan fingerprint density at radius 2 is 2.06 bits per heavy atom. The largest absolute Gasteiger partial charge is 0.465 e. The van der Waals surface area contributed by atoms with Crippen LogP contribution < -0.4 is 0 Å². The number of thioether (sulfide) groups is 1. The molecule has 0 aliphatic carbocycles. The smallest absolute Gasteiger partial charge is 0.315 e. The van der Waals surface area contributed by atoms with Gasteiger partial charge in [0.2, 0.25) is 5.92 Å². The highest BCUT2D eigenvalue weighted by Gasteiger charge is 2.24. The first kappa shape index (κ1) is 16.7. The molecule has 0 bridgehead atoms. The number of carbonyl (C=O) groups excluding carboxylic acids is 1. The quantitative estimate of drug-likeness (QED) is 0.470. The Hall–Kier alpha value is -0.320. The van der Waals surface area contributed by atoms with Crippen molar-refractivity contribution in [2.75, 3.05) is 18.1 Å². The summed E-state index contributed by atoms with van der Waals surface area (Å²) in [7, 11) is 0. The van der Waals surface area contributed by atoms with Crippen LogP contribution in [-0.4, -0.2) is 30.0 Å². The summed E-state index contributed by atoms with van der Waals surface area (Å²) < 4.78 is 30.7. The molecule has 0 aliphatic rings. The molecule has 0 atom stereocenters. The Kier molecular flexibility index (Phi) is 8.56. The van der Waals surface area contributed by atoms with Gasteiger partial charge < -0.3 is 4.74 Å². The van der Waals surface area contributed by atoms with Gasteiger partial charge >= 0.3 is 5.97 Å². The van der Waals surface area contributed by atoms with Crippen molar-refractivity contribution in [3.8, 4) is 0 Å². The molecular formula is C12H22F2O2S. The van der Waals surface area contributed by atoms with Crippen LogP contribution in [0.3, 0.4) is 0 Å². The molecule has 0 N–H and O–H groups in total. The van der Waals surface area contributed by atoms with Gasteiger partial charge in [0.05, 0.1) is 12.4 Å². The molecule has 5 heteroatoms. The lowest BCUT2D eigenvalue weighted by atomic mass is 10.1. The van der Waals surface area contributed by atoms with E-state index in [-0.39, 0.29) is 24.6 Å². The number of hydrogen-bond donors (Lipinski definition) is 0. The van der Waals surface area contributed by atoms with E-state index in [1.54, 1.807) is 0 Å². The summed E-state index contributed by atoms with van der Waals surface area (Å²) in [4.78, 5) is 11.2. The Labute approximate surface area is 106 Å². The number of halogens is 2. The van der Waals surface area contributed by atoms with Gasteiger partial charge in [-0.15, -0.1) is 0 Å². The lowest BCUT2D eigenvalue weighted by molar-refractivity contribution is -0.141. The highest BCUT2D eigenvalue weighted by Crippen LogP contribution is 2.24. The molecule has 0 rings (SSSR count). The molecular weight excluding hydrogens is 246 g/mol. The summed E-state index contributed by atoms with van der Waals surface area (Å²) in [5.74, 6) is -1.66. The lowest BCUT2D eigenvalue weighted by Crippen LogP contribution is -2.15. The molecule has 0 aliphatic heterocycles. The molecule has 0 fully saturated rings. The highest BCUT2D eigenvalue weighted by atomic mass is 32.2. The summed E-state index contributed by atoms with van der Waals surface area (Å²) in [5, 5.41) is 0. The first-order valence-electron chi connectivity index (χ1n) is 5.98. The molecule has 17 heavy (non-hydrogen) atoms. The second kappa shape index (κ2) is 8.72. The minimum absolute atomic E-state index is 0.0997. The molecule has 0 aromatic heterocycles. The molecule has 0 aromatic carbocycles. The van der Waals surface area contributed by atoms with Crippen molar-refractivity contribution in [1.82, 2.24) is 0 Å². The van der Waals surface area contributed by atoms with E-state index in [2.05, 4.69) is 0 Å². The van der Waals surface area contributed by atoms with Crippen LogP contribution in [0.1, 0.15) is 40.0 Å². The van der Waals surface area contributed by atoms with E-state index in [9.17, 15) is 13.6 Å². The predicted octanol–water partition coefficient (Wildman–Crippen LogP) is 3.74. The van der Waals surface area contributed by atoms with Gasteiger partial charge in [0.15, 0.2) is 0 Å². The Morgan fingerprint density at radius 1 is 1.41 bits per heavy atom. The van der Waals surface area contributed by atoms with Crippen molar-refractivity contribution in [3.63, 3.8) is 0 Å². The third-order valence-electron chi connectivity index (χ3n) is 2.15. The van der Waals surface area contributed by atoms with Gasteiger partial charge in [-0.05, 0) is 18.1 Å². The minimum Gasteiger partial charge on any atom is -0.465 e. The fraction of sp³-hybridized carbons (Fsp3) is 0.917. The van der Waals surface area contributed by atoms with Crippen LogP contribution in [0.15, 0.2) is 0 Å². The van der Waals surface area contributed by atoms with E-state index >= 15 is 0 Å². The molecule has 0 spiro atoms. The SMILES string of the molecule is CCC(F)(F)CCCSCC(=O)OCC(C)C. The first-order chi connectivity index (χ1) is 7.87. The van der Waals surface area contributed by atoms with Crippen molar-refractivity contribution in [3.05, 3.63) is 0 Å². The maximum atomic E-state index is 12.8.